The maximum atomic E-state index is 12.4. The highest BCUT2D eigenvalue weighted by Crippen LogP contribution is 2.50. The van der Waals surface area contributed by atoms with Crippen molar-refractivity contribution in [2.75, 3.05) is 26.9 Å². The number of imide groups is 1. The summed E-state index contributed by atoms with van der Waals surface area (Å²) in [7, 11) is 1.54. The number of likely N-dealkylation sites (tertiary alicyclic amines) is 1. The summed E-state index contributed by atoms with van der Waals surface area (Å²) in [5.74, 6) is -1.85. The zero-order chi connectivity index (χ0) is 16.1. The number of carbonyl (C=O) groups is 2. The van der Waals surface area contributed by atoms with Crippen LogP contribution in [0.3, 0.4) is 0 Å². The maximum Gasteiger partial charge on any atom is 0.233 e. The van der Waals surface area contributed by atoms with Gasteiger partial charge in [-0.2, -0.15) is 0 Å². The molecule has 0 aromatic carbocycles. The summed E-state index contributed by atoms with van der Waals surface area (Å²) in [6.45, 7) is 5.31. The number of amides is 2. The quantitative estimate of drug-likeness (QED) is 0.763. The highest BCUT2D eigenvalue weighted by atomic mass is 16.7. The number of aliphatic hydroxyl groups is 1. The van der Waals surface area contributed by atoms with Gasteiger partial charge in [0.15, 0.2) is 5.79 Å². The van der Waals surface area contributed by atoms with Gasteiger partial charge in [-0.3, -0.25) is 14.5 Å². The zero-order valence-corrected chi connectivity index (χ0v) is 13.5. The molecular weight excluding hydrogens is 286 g/mol. The van der Waals surface area contributed by atoms with Crippen LogP contribution < -0.4 is 0 Å². The van der Waals surface area contributed by atoms with Crippen LogP contribution in [0.2, 0.25) is 0 Å². The lowest BCUT2D eigenvalue weighted by Crippen LogP contribution is -2.54. The molecule has 1 spiro atoms. The Kier molecular flexibility index (Phi) is 3.82. The molecule has 2 saturated heterocycles. The Morgan fingerprint density at radius 2 is 1.82 bits per heavy atom. The molecule has 0 aromatic rings. The molecule has 3 aliphatic rings. The summed E-state index contributed by atoms with van der Waals surface area (Å²) in [6.07, 6.45) is 1.49. The van der Waals surface area contributed by atoms with Crippen molar-refractivity contribution in [3.05, 3.63) is 0 Å². The van der Waals surface area contributed by atoms with Gasteiger partial charge in [-0.25, -0.2) is 0 Å². The summed E-state index contributed by atoms with van der Waals surface area (Å²) in [4.78, 5) is 26.0. The van der Waals surface area contributed by atoms with E-state index in [-0.39, 0.29) is 41.6 Å². The summed E-state index contributed by atoms with van der Waals surface area (Å²) in [5.41, 5.74) is -0.0408. The van der Waals surface area contributed by atoms with Gasteiger partial charge in [-0.15, -0.1) is 0 Å². The standard InChI is InChI=1S/C16H25NO5/c1-15(2)8-21-16(22-9-15)6-10(4-5-18)12-11(7-16)13(19)17(3)14(12)20/h10-12,18H,4-9H2,1-3H3/t10-,11+,12-/m1/s1. The molecule has 0 unspecified atom stereocenters. The number of aliphatic hydroxyl groups excluding tert-OH is 1. The molecule has 0 bridgehead atoms. The molecule has 3 rings (SSSR count). The molecule has 124 valence electrons. The van der Waals surface area contributed by atoms with Crippen LogP contribution in [0.5, 0.6) is 0 Å². The third kappa shape index (κ3) is 2.47. The van der Waals surface area contributed by atoms with E-state index in [1.807, 2.05) is 0 Å². The summed E-state index contributed by atoms with van der Waals surface area (Å²) in [5, 5.41) is 9.33. The predicted octanol–water partition coefficient (Wildman–Crippen LogP) is 0.779. The molecule has 3 atom stereocenters. The van der Waals surface area contributed by atoms with E-state index < -0.39 is 5.79 Å². The normalized spacial score (nSPS) is 36.7. The number of nitrogens with zero attached hydrogens (tertiary/aromatic N) is 1. The van der Waals surface area contributed by atoms with E-state index in [4.69, 9.17) is 9.47 Å². The van der Waals surface area contributed by atoms with Crippen molar-refractivity contribution < 1.29 is 24.2 Å². The first-order valence-electron chi connectivity index (χ1n) is 7.99. The number of carbonyl (C=O) groups excluding carboxylic acids is 2. The second-order valence-corrected chi connectivity index (χ2v) is 7.70. The molecule has 1 saturated carbocycles. The molecule has 22 heavy (non-hydrogen) atoms. The maximum absolute atomic E-state index is 12.4. The topological polar surface area (TPSA) is 76.1 Å². The van der Waals surface area contributed by atoms with Gasteiger partial charge in [-0.05, 0) is 12.3 Å². The van der Waals surface area contributed by atoms with E-state index in [9.17, 15) is 14.7 Å². The van der Waals surface area contributed by atoms with Gasteiger partial charge in [0, 0.05) is 31.9 Å². The second kappa shape index (κ2) is 5.28. The fourth-order valence-electron chi connectivity index (χ4n) is 4.02. The van der Waals surface area contributed by atoms with Crippen LogP contribution in [0, 0.1) is 23.2 Å². The van der Waals surface area contributed by atoms with Crippen molar-refractivity contribution in [3.63, 3.8) is 0 Å². The Morgan fingerprint density at radius 3 is 2.41 bits per heavy atom. The molecule has 2 aliphatic heterocycles. The molecule has 3 fully saturated rings. The van der Waals surface area contributed by atoms with E-state index in [0.717, 1.165) is 0 Å². The molecule has 0 aromatic heterocycles. The minimum absolute atomic E-state index is 0.000639. The molecule has 1 aliphatic carbocycles. The summed E-state index contributed by atoms with van der Waals surface area (Å²) < 4.78 is 12.1. The lowest BCUT2D eigenvalue weighted by atomic mass is 9.69. The largest absolute Gasteiger partial charge is 0.396 e. The van der Waals surface area contributed by atoms with Crippen LogP contribution in [0.1, 0.15) is 33.1 Å². The average molecular weight is 311 g/mol. The molecular formula is C16H25NO5. The predicted molar refractivity (Wildman–Crippen MR) is 77.6 cm³/mol. The Morgan fingerprint density at radius 1 is 1.18 bits per heavy atom. The molecule has 6 heteroatoms. The van der Waals surface area contributed by atoms with E-state index in [1.54, 1.807) is 0 Å². The van der Waals surface area contributed by atoms with Gasteiger partial charge in [0.2, 0.25) is 11.8 Å². The Balaban J connectivity index is 1.86. The fraction of sp³-hybridized carbons (Fsp3) is 0.875. The van der Waals surface area contributed by atoms with Crippen LogP contribution in [0.15, 0.2) is 0 Å². The van der Waals surface area contributed by atoms with Crippen LogP contribution >= 0.6 is 0 Å². The monoisotopic (exact) mass is 311 g/mol. The molecule has 2 heterocycles. The fourth-order valence-corrected chi connectivity index (χ4v) is 4.02. The van der Waals surface area contributed by atoms with Gasteiger partial charge >= 0.3 is 0 Å². The Bertz CT molecular complexity index is 479. The number of ether oxygens (including phenoxy) is 2. The van der Waals surface area contributed by atoms with Crippen molar-refractivity contribution in [3.8, 4) is 0 Å². The number of hydrogen-bond donors (Lipinski definition) is 1. The Labute approximate surface area is 130 Å². The molecule has 1 N–H and O–H groups in total. The third-order valence-corrected chi connectivity index (χ3v) is 5.26. The first-order valence-corrected chi connectivity index (χ1v) is 7.99. The summed E-state index contributed by atoms with van der Waals surface area (Å²) >= 11 is 0. The third-order valence-electron chi connectivity index (χ3n) is 5.26. The lowest BCUT2D eigenvalue weighted by molar-refractivity contribution is -0.322. The van der Waals surface area contributed by atoms with Crippen LogP contribution in [0.4, 0.5) is 0 Å². The SMILES string of the molecule is CN1C(=O)[C@@H]2[C@H](CCO)CC3(C[C@@H]2C1=O)OCC(C)(C)CO3. The first kappa shape index (κ1) is 15.9. The van der Waals surface area contributed by atoms with E-state index in [0.29, 0.717) is 32.5 Å². The van der Waals surface area contributed by atoms with Crippen molar-refractivity contribution in [2.45, 2.75) is 38.9 Å². The minimum atomic E-state index is -0.780. The highest BCUT2D eigenvalue weighted by molar-refractivity contribution is 6.05. The van der Waals surface area contributed by atoms with Gasteiger partial charge in [0.05, 0.1) is 25.0 Å². The van der Waals surface area contributed by atoms with Crippen LogP contribution in [-0.4, -0.2) is 54.5 Å². The molecule has 2 amide bonds. The number of fused-ring (bicyclic) bond motifs is 1. The minimum Gasteiger partial charge on any atom is -0.396 e. The first-order chi connectivity index (χ1) is 10.3. The number of hydrogen-bond acceptors (Lipinski definition) is 5. The lowest BCUT2D eigenvalue weighted by Gasteiger charge is -2.49. The van der Waals surface area contributed by atoms with Gasteiger partial charge in [-0.1, -0.05) is 13.8 Å². The van der Waals surface area contributed by atoms with Gasteiger partial charge in [0.1, 0.15) is 0 Å². The number of rotatable bonds is 2. The van der Waals surface area contributed by atoms with Crippen molar-refractivity contribution in [2.24, 2.45) is 23.2 Å². The molecule has 6 nitrogen and oxygen atoms in total. The van der Waals surface area contributed by atoms with Gasteiger partial charge < -0.3 is 14.6 Å². The van der Waals surface area contributed by atoms with Crippen LogP contribution in [-0.2, 0) is 19.1 Å². The van der Waals surface area contributed by atoms with Crippen molar-refractivity contribution >= 4 is 11.8 Å². The van der Waals surface area contributed by atoms with E-state index >= 15 is 0 Å². The second-order valence-electron chi connectivity index (χ2n) is 7.70. The van der Waals surface area contributed by atoms with Crippen LogP contribution in [0.25, 0.3) is 0 Å². The van der Waals surface area contributed by atoms with E-state index in [1.165, 1.54) is 11.9 Å². The van der Waals surface area contributed by atoms with E-state index in [2.05, 4.69) is 13.8 Å². The Hall–Kier alpha value is -0.980. The van der Waals surface area contributed by atoms with Gasteiger partial charge in [0.25, 0.3) is 0 Å². The van der Waals surface area contributed by atoms with Crippen molar-refractivity contribution in [1.82, 2.24) is 4.90 Å². The summed E-state index contributed by atoms with van der Waals surface area (Å²) in [6, 6.07) is 0. The molecule has 0 radical (unpaired) electrons. The highest BCUT2D eigenvalue weighted by Gasteiger charge is 2.59. The zero-order valence-electron chi connectivity index (χ0n) is 13.5. The van der Waals surface area contributed by atoms with Crippen molar-refractivity contribution in [1.29, 1.82) is 0 Å². The smallest absolute Gasteiger partial charge is 0.233 e. The average Bonchev–Trinajstić information content (AvgIpc) is 2.68.